The summed E-state index contributed by atoms with van der Waals surface area (Å²) in [6.07, 6.45) is 0.496. The average molecular weight is 286 g/mol. The van der Waals surface area contributed by atoms with E-state index in [0.717, 1.165) is 31.9 Å². The summed E-state index contributed by atoms with van der Waals surface area (Å²) in [5.41, 5.74) is 1.34. The molecule has 0 radical (unpaired) electrons. The molecule has 21 heavy (non-hydrogen) atoms. The number of nitriles is 1. The van der Waals surface area contributed by atoms with Crippen molar-refractivity contribution in [2.45, 2.75) is 19.4 Å². The number of carbonyl (C=O) groups excluding carboxylic acids is 1. The molecule has 0 aromatic heterocycles. The summed E-state index contributed by atoms with van der Waals surface area (Å²) in [4.78, 5) is 16.6. The Morgan fingerprint density at radius 3 is 2.71 bits per heavy atom. The molecule has 0 aliphatic carbocycles. The smallest absolute Gasteiger partial charge is 0.225 e. The largest absolute Gasteiger partial charge is 0.326 e. The van der Waals surface area contributed by atoms with Crippen LogP contribution >= 0.6 is 0 Å². The van der Waals surface area contributed by atoms with Crippen LogP contribution in [0.25, 0.3) is 0 Å². The summed E-state index contributed by atoms with van der Waals surface area (Å²) in [5.74, 6) is 0.0197. The van der Waals surface area contributed by atoms with Crippen LogP contribution in [0.2, 0.25) is 0 Å². The van der Waals surface area contributed by atoms with E-state index in [1.165, 1.54) is 0 Å². The summed E-state index contributed by atoms with van der Waals surface area (Å²) >= 11 is 0. The van der Waals surface area contributed by atoms with Gasteiger partial charge in [-0.25, -0.2) is 0 Å². The number of piperazine rings is 1. The second-order valence-electron chi connectivity index (χ2n) is 5.62. The molecular formula is C16H22N4O. The van der Waals surface area contributed by atoms with Crippen molar-refractivity contribution in [3.05, 3.63) is 29.8 Å². The molecule has 2 rings (SSSR count). The minimum atomic E-state index is 0.0197. The van der Waals surface area contributed by atoms with Crippen LogP contribution in [0.5, 0.6) is 0 Å². The van der Waals surface area contributed by atoms with Crippen molar-refractivity contribution >= 4 is 11.6 Å². The maximum atomic E-state index is 11.9. The van der Waals surface area contributed by atoms with Crippen molar-refractivity contribution < 1.29 is 4.79 Å². The summed E-state index contributed by atoms with van der Waals surface area (Å²) in [5, 5.41) is 11.6. The third-order valence-corrected chi connectivity index (χ3v) is 4.00. The molecule has 5 nitrogen and oxygen atoms in total. The maximum Gasteiger partial charge on any atom is 0.225 e. The van der Waals surface area contributed by atoms with Gasteiger partial charge in [-0.05, 0) is 38.2 Å². The number of hydrogen-bond donors (Lipinski definition) is 1. The monoisotopic (exact) mass is 286 g/mol. The van der Waals surface area contributed by atoms with Crippen molar-refractivity contribution in [2.24, 2.45) is 0 Å². The summed E-state index contributed by atoms with van der Waals surface area (Å²) in [6, 6.07) is 9.53. The highest BCUT2D eigenvalue weighted by Crippen LogP contribution is 2.10. The minimum absolute atomic E-state index is 0.0197. The Hall–Kier alpha value is -1.90. The molecule has 0 spiro atoms. The van der Waals surface area contributed by atoms with Gasteiger partial charge in [0.15, 0.2) is 0 Å². The molecule has 1 heterocycles. The number of amides is 1. The van der Waals surface area contributed by atoms with Crippen LogP contribution in [0.3, 0.4) is 0 Å². The highest BCUT2D eigenvalue weighted by molar-refractivity contribution is 5.90. The molecule has 0 bridgehead atoms. The van der Waals surface area contributed by atoms with Gasteiger partial charge in [-0.1, -0.05) is 0 Å². The van der Waals surface area contributed by atoms with E-state index < -0.39 is 0 Å². The van der Waals surface area contributed by atoms with Gasteiger partial charge in [0.2, 0.25) is 5.91 Å². The second-order valence-corrected chi connectivity index (χ2v) is 5.62. The number of carbonyl (C=O) groups is 1. The predicted molar refractivity (Wildman–Crippen MR) is 82.9 cm³/mol. The van der Waals surface area contributed by atoms with Crippen molar-refractivity contribution in [2.75, 3.05) is 38.5 Å². The van der Waals surface area contributed by atoms with Gasteiger partial charge in [0.25, 0.3) is 0 Å². The van der Waals surface area contributed by atoms with Crippen molar-refractivity contribution in [1.29, 1.82) is 5.26 Å². The fourth-order valence-electron chi connectivity index (χ4n) is 2.44. The maximum absolute atomic E-state index is 11.9. The number of nitrogens with zero attached hydrogens (tertiary/aromatic N) is 3. The Bertz CT molecular complexity index is 520. The van der Waals surface area contributed by atoms with Crippen LogP contribution < -0.4 is 5.32 Å². The predicted octanol–water partition coefficient (Wildman–Crippen LogP) is 1.52. The lowest BCUT2D eigenvalue weighted by Crippen LogP contribution is -2.50. The van der Waals surface area contributed by atoms with E-state index in [1.807, 2.05) is 0 Å². The van der Waals surface area contributed by atoms with E-state index in [2.05, 4.69) is 35.2 Å². The first-order valence-electron chi connectivity index (χ1n) is 7.31. The highest BCUT2D eigenvalue weighted by atomic mass is 16.1. The number of anilines is 1. The normalized spacial score (nSPS) is 20.0. The number of benzene rings is 1. The number of hydrogen-bond acceptors (Lipinski definition) is 4. The van der Waals surface area contributed by atoms with E-state index in [0.29, 0.717) is 18.0 Å². The lowest BCUT2D eigenvalue weighted by Gasteiger charge is -2.37. The Kier molecular flexibility index (Phi) is 5.32. The molecule has 5 heteroatoms. The quantitative estimate of drug-likeness (QED) is 0.912. The first kappa shape index (κ1) is 15.5. The van der Waals surface area contributed by atoms with Crippen LogP contribution in [0, 0.1) is 11.3 Å². The Balaban J connectivity index is 1.76. The van der Waals surface area contributed by atoms with E-state index in [-0.39, 0.29) is 5.91 Å². The fraction of sp³-hybridized carbons (Fsp3) is 0.500. The Labute approximate surface area is 126 Å². The molecule has 1 unspecified atom stereocenters. The molecule has 1 N–H and O–H groups in total. The summed E-state index contributed by atoms with van der Waals surface area (Å²) < 4.78 is 0. The van der Waals surface area contributed by atoms with E-state index >= 15 is 0 Å². The van der Waals surface area contributed by atoms with Crippen LogP contribution in [0.1, 0.15) is 18.9 Å². The van der Waals surface area contributed by atoms with Gasteiger partial charge in [0, 0.05) is 44.3 Å². The van der Waals surface area contributed by atoms with Gasteiger partial charge >= 0.3 is 0 Å². The number of rotatable bonds is 4. The molecule has 1 aromatic carbocycles. The first-order chi connectivity index (χ1) is 10.1. The van der Waals surface area contributed by atoms with Crippen LogP contribution in [-0.4, -0.2) is 55.0 Å². The zero-order valence-electron chi connectivity index (χ0n) is 12.7. The first-order valence-corrected chi connectivity index (χ1v) is 7.31. The fourth-order valence-corrected chi connectivity index (χ4v) is 2.44. The third-order valence-electron chi connectivity index (χ3n) is 4.00. The van der Waals surface area contributed by atoms with Gasteiger partial charge in [-0.2, -0.15) is 5.26 Å². The standard InChI is InChI=1S/C16H22N4O/c1-13-12-20(10-9-19(13)2)8-7-16(21)18-15-5-3-14(11-17)4-6-15/h3-6,13H,7-10,12H2,1-2H3,(H,18,21). The summed E-state index contributed by atoms with van der Waals surface area (Å²) in [6.45, 7) is 6.09. The molecule has 1 aromatic rings. The van der Waals surface area contributed by atoms with Crippen LogP contribution in [0.4, 0.5) is 5.69 Å². The molecule has 1 aliphatic heterocycles. The van der Waals surface area contributed by atoms with Gasteiger partial charge in [0.05, 0.1) is 11.6 Å². The average Bonchev–Trinajstić information content (AvgIpc) is 2.49. The molecular weight excluding hydrogens is 264 g/mol. The molecule has 1 amide bonds. The van der Waals surface area contributed by atoms with E-state index in [1.54, 1.807) is 24.3 Å². The zero-order chi connectivity index (χ0) is 15.2. The lowest BCUT2D eigenvalue weighted by atomic mass is 10.2. The Morgan fingerprint density at radius 1 is 1.38 bits per heavy atom. The topological polar surface area (TPSA) is 59.4 Å². The number of nitrogens with one attached hydrogen (secondary N) is 1. The summed E-state index contributed by atoms with van der Waals surface area (Å²) in [7, 11) is 2.14. The van der Waals surface area contributed by atoms with E-state index in [9.17, 15) is 4.79 Å². The van der Waals surface area contributed by atoms with Crippen LogP contribution in [0.15, 0.2) is 24.3 Å². The molecule has 112 valence electrons. The second kappa shape index (κ2) is 7.21. The third kappa shape index (κ3) is 4.55. The molecule has 1 aliphatic rings. The van der Waals surface area contributed by atoms with E-state index in [4.69, 9.17) is 5.26 Å². The SMILES string of the molecule is CC1CN(CCC(=O)Nc2ccc(C#N)cc2)CCN1C. The van der Waals surface area contributed by atoms with Crippen LogP contribution in [-0.2, 0) is 4.79 Å². The molecule has 0 saturated carbocycles. The van der Waals surface area contributed by atoms with Crippen molar-refractivity contribution in [3.63, 3.8) is 0 Å². The van der Waals surface area contributed by atoms with Crippen molar-refractivity contribution in [1.82, 2.24) is 9.80 Å². The minimum Gasteiger partial charge on any atom is -0.326 e. The lowest BCUT2D eigenvalue weighted by molar-refractivity contribution is -0.116. The van der Waals surface area contributed by atoms with Gasteiger partial charge in [-0.15, -0.1) is 0 Å². The van der Waals surface area contributed by atoms with Gasteiger partial charge < -0.3 is 15.1 Å². The highest BCUT2D eigenvalue weighted by Gasteiger charge is 2.20. The molecule has 1 atom stereocenters. The Morgan fingerprint density at radius 2 is 2.10 bits per heavy atom. The molecule has 1 fully saturated rings. The number of likely N-dealkylation sites (N-methyl/N-ethyl adjacent to an activating group) is 1. The molecule has 1 saturated heterocycles. The van der Waals surface area contributed by atoms with Crippen molar-refractivity contribution in [3.8, 4) is 6.07 Å². The van der Waals surface area contributed by atoms with Gasteiger partial charge in [-0.3, -0.25) is 4.79 Å². The zero-order valence-corrected chi connectivity index (χ0v) is 12.7. The van der Waals surface area contributed by atoms with Gasteiger partial charge in [0.1, 0.15) is 0 Å².